The Morgan fingerprint density at radius 2 is 2.12 bits per heavy atom. The first-order valence-electron chi connectivity index (χ1n) is 9.91. The molecule has 0 saturated carbocycles. The molecule has 0 spiro atoms. The molecule has 1 fully saturated rings. The lowest BCUT2D eigenvalue weighted by Gasteiger charge is -2.24. The van der Waals surface area contributed by atoms with Gasteiger partial charge in [-0.05, 0) is 53.7 Å². The van der Waals surface area contributed by atoms with Gasteiger partial charge < -0.3 is 9.64 Å². The predicted molar refractivity (Wildman–Crippen MR) is 102 cm³/mol. The largest absolute Gasteiger partial charge is 0.493 e. The van der Waals surface area contributed by atoms with Gasteiger partial charge in [0.1, 0.15) is 5.75 Å². The Labute approximate surface area is 152 Å². The van der Waals surface area contributed by atoms with Crippen molar-refractivity contribution in [3.8, 4) is 5.75 Å². The number of rotatable bonds is 7. The summed E-state index contributed by atoms with van der Waals surface area (Å²) in [7, 11) is 0. The SMILES string of the molecule is CCC(CC(C)CCN1CC(C)(C)CC1=O)c1ccc2c(c1)CCO2. The Balaban J connectivity index is 1.54. The van der Waals surface area contributed by atoms with Crippen molar-refractivity contribution < 1.29 is 9.53 Å². The lowest BCUT2D eigenvalue weighted by atomic mass is 9.85. The first kappa shape index (κ1) is 18.3. The normalized spacial score (nSPS) is 21.1. The summed E-state index contributed by atoms with van der Waals surface area (Å²) in [5, 5.41) is 0. The smallest absolute Gasteiger partial charge is 0.223 e. The first-order valence-corrected chi connectivity index (χ1v) is 9.91. The summed E-state index contributed by atoms with van der Waals surface area (Å²) in [5.41, 5.74) is 2.98. The fourth-order valence-electron chi connectivity index (χ4n) is 4.36. The van der Waals surface area contributed by atoms with Crippen LogP contribution in [-0.2, 0) is 11.2 Å². The molecule has 3 heteroatoms. The lowest BCUT2D eigenvalue weighted by molar-refractivity contribution is -0.127. The molecule has 1 aromatic carbocycles. The number of nitrogens with zero attached hydrogens (tertiary/aromatic N) is 1. The topological polar surface area (TPSA) is 29.5 Å². The third kappa shape index (κ3) is 4.37. The molecule has 1 aromatic rings. The number of carbonyl (C=O) groups is 1. The van der Waals surface area contributed by atoms with Gasteiger partial charge in [0.15, 0.2) is 0 Å². The standard InChI is InChI=1S/C22H33NO2/c1-5-17(18-6-7-20-19(13-18)9-11-25-20)12-16(2)8-10-23-15-22(3,4)14-21(23)24/h6-7,13,16-17H,5,8-12,14-15H2,1-4H3. The molecular weight excluding hydrogens is 310 g/mol. The molecule has 0 N–H and O–H groups in total. The number of amides is 1. The molecule has 2 heterocycles. The van der Waals surface area contributed by atoms with Gasteiger partial charge in [-0.2, -0.15) is 0 Å². The lowest BCUT2D eigenvalue weighted by Crippen LogP contribution is -2.28. The molecular formula is C22H33NO2. The Kier molecular flexibility index (Phi) is 5.41. The van der Waals surface area contributed by atoms with E-state index in [0.717, 1.165) is 38.3 Å². The fraction of sp³-hybridized carbons (Fsp3) is 0.682. The Morgan fingerprint density at radius 1 is 1.32 bits per heavy atom. The summed E-state index contributed by atoms with van der Waals surface area (Å²) in [4.78, 5) is 14.2. The van der Waals surface area contributed by atoms with Crippen LogP contribution in [0.15, 0.2) is 18.2 Å². The summed E-state index contributed by atoms with van der Waals surface area (Å²) in [6.07, 6.45) is 5.21. The minimum absolute atomic E-state index is 0.152. The number of hydrogen-bond acceptors (Lipinski definition) is 2. The summed E-state index contributed by atoms with van der Waals surface area (Å²) in [6.45, 7) is 11.7. The third-order valence-corrected chi connectivity index (χ3v) is 5.86. The van der Waals surface area contributed by atoms with Crippen LogP contribution in [0.2, 0.25) is 0 Å². The highest BCUT2D eigenvalue weighted by molar-refractivity contribution is 5.79. The molecule has 1 amide bonds. The minimum atomic E-state index is 0.152. The second-order valence-corrected chi connectivity index (χ2v) is 8.86. The van der Waals surface area contributed by atoms with Gasteiger partial charge in [-0.15, -0.1) is 0 Å². The van der Waals surface area contributed by atoms with E-state index in [0.29, 0.717) is 24.2 Å². The highest BCUT2D eigenvalue weighted by atomic mass is 16.5. The maximum Gasteiger partial charge on any atom is 0.223 e. The van der Waals surface area contributed by atoms with E-state index >= 15 is 0 Å². The van der Waals surface area contributed by atoms with Crippen LogP contribution >= 0.6 is 0 Å². The van der Waals surface area contributed by atoms with E-state index in [2.05, 4.69) is 50.8 Å². The van der Waals surface area contributed by atoms with Crippen molar-refractivity contribution in [2.45, 2.75) is 65.7 Å². The molecule has 2 unspecified atom stereocenters. The van der Waals surface area contributed by atoms with Crippen LogP contribution in [0.25, 0.3) is 0 Å². The average Bonchev–Trinajstić information content (AvgIpc) is 3.13. The fourth-order valence-corrected chi connectivity index (χ4v) is 4.36. The second kappa shape index (κ2) is 7.39. The van der Waals surface area contributed by atoms with Crippen molar-refractivity contribution in [3.05, 3.63) is 29.3 Å². The van der Waals surface area contributed by atoms with Crippen LogP contribution in [-0.4, -0.2) is 30.5 Å². The van der Waals surface area contributed by atoms with Crippen molar-refractivity contribution in [2.24, 2.45) is 11.3 Å². The molecule has 0 aromatic heterocycles. The van der Waals surface area contributed by atoms with E-state index in [1.54, 1.807) is 0 Å². The van der Waals surface area contributed by atoms with E-state index in [1.165, 1.54) is 24.0 Å². The van der Waals surface area contributed by atoms with E-state index in [-0.39, 0.29) is 5.41 Å². The first-order chi connectivity index (χ1) is 11.9. The number of likely N-dealkylation sites (tertiary alicyclic amines) is 1. The van der Waals surface area contributed by atoms with Crippen molar-refractivity contribution in [1.82, 2.24) is 4.90 Å². The Bertz CT molecular complexity index is 622. The van der Waals surface area contributed by atoms with Crippen molar-refractivity contribution in [3.63, 3.8) is 0 Å². The van der Waals surface area contributed by atoms with Gasteiger partial charge in [0.25, 0.3) is 0 Å². The second-order valence-electron chi connectivity index (χ2n) is 8.86. The molecule has 3 rings (SSSR count). The summed E-state index contributed by atoms with van der Waals surface area (Å²) in [5.74, 6) is 2.64. The van der Waals surface area contributed by atoms with Gasteiger partial charge in [0.05, 0.1) is 6.61 Å². The number of ether oxygens (including phenoxy) is 1. The van der Waals surface area contributed by atoms with Crippen LogP contribution in [0.4, 0.5) is 0 Å². The van der Waals surface area contributed by atoms with Gasteiger partial charge in [0, 0.05) is 25.9 Å². The zero-order chi connectivity index (χ0) is 18.0. The molecule has 0 aliphatic carbocycles. The van der Waals surface area contributed by atoms with Gasteiger partial charge in [-0.3, -0.25) is 4.79 Å². The molecule has 138 valence electrons. The summed E-state index contributed by atoms with van der Waals surface area (Å²) < 4.78 is 5.63. The van der Waals surface area contributed by atoms with Crippen molar-refractivity contribution >= 4 is 5.91 Å². The molecule has 2 aliphatic heterocycles. The van der Waals surface area contributed by atoms with Crippen LogP contribution in [0.1, 0.15) is 70.4 Å². The molecule has 3 nitrogen and oxygen atoms in total. The van der Waals surface area contributed by atoms with E-state index < -0.39 is 0 Å². The highest BCUT2D eigenvalue weighted by Gasteiger charge is 2.35. The maximum absolute atomic E-state index is 12.1. The van der Waals surface area contributed by atoms with Crippen LogP contribution < -0.4 is 4.74 Å². The van der Waals surface area contributed by atoms with Crippen LogP contribution in [0, 0.1) is 11.3 Å². The van der Waals surface area contributed by atoms with Gasteiger partial charge in [-0.25, -0.2) is 0 Å². The zero-order valence-corrected chi connectivity index (χ0v) is 16.3. The van der Waals surface area contributed by atoms with Gasteiger partial charge in [-0.1, -0.05) is 39.8 Å². The monoisotopic (exact) mass is 343 g/mol. The Hall–Kier alpha value is -1.51. The number of benzene rings is 1. The molecule has 25 heavy (non-hydrogen) atoms. The van der Waals surface area contributed by atoms with E-state index in [9.17, 15) is 4.79 Å². The summed E-state index contributed by atoms with van der Waals surface area (Å²) in [6, 6.07) is 6.75. The molecule has 1 saturated heterocycles. The highest BCUT2D eigenvalue weighted by Crippen LogP contribution is 2.34. The molecule has 2 atom stereocenters. The predicted octanol–water partition coefficient (Wildman–Crippen LogP) is 4.79. The Morgan fingerprint density at radius 3 is 2.80 bits per heavy atom. The number of hydrogen-bond donors (Lipinski definition) is 0. The molecule has 0 bridgehead atoms. The van der Waals surface area contributed by atoms with Crippen molar-refractivity contribution in [1.29, 1.82) is 0 Å². The van der Waals surface area contributed by atoms with Crippen LogP contribution in [0.5, 0.6) is 5.75 Å². The maximum atomic E-state index is 12.1. The minimum Gasteiger partial charge on any atom is -0.493 e. The van der Waals surface area contributed by atoms with E-state index in [4.69, 9.17) is 4.74 Å². The quantitative estimate of drug-likeness (QED) is 0.712. The van der Waals surface area contributed by atoms with Gasteiger partial charge in [0.2, 0.25) is 5.91 Å². The van der Waals surface area contributed by atoms with E-state index in [1.807, 2.05) is 0 Å². The third-order valence-electron chi connectivity index (χ3n) is 5.86. The molecule has 2 aliphatic rings. The van der Waals surface area contributed by atoms with Crippen molar-refractivity contribution in [2.75, 3.05) is 19.7 Å². The van der Waals surface area contributed by atoms with Crippen LogP contribution in [0.3, 0.4) is 0 Å². The molecule has 0 radical (unpaired) electrons. The number of carbonyl (C=O) groups excluding carboxylic acids is 1. The summed E-state index contributed by atoms with van der Waals surface area (Å²) >= 11 is 0. The zero-order valence-electron chi connectivity index (χ0n) is 16.3. The average molecular weight is 344 g/mol. The number of fused-ring (bicyclic) bond motifs is 1. The van der Waals surface area contributed by atoms with Gasteiger partial charge >= 0.3 is 0 Å².